The number of hydrogen-bond donors (Lipinski definition) is 0. The fourth-order valence-corrected chi connectivity index (χ4v) is 2.86. The van der Waals surface area contributed by atoms with Crippen LogP contribution in [0.15, 0.2) is 48.5 Å². The number of halogens is 1. The van der Waals surface area contributed by atoms with Crippen LogP contribution < -0.4 is 9.80 Å². The van der Waals surface area contributed by atoms with Gasteiger partial charge in [-0.1, -0.05) is 23.7 Å². The van der Waals surface area contributed by atoms with Crippen molar-refractivity contribution in [2.45, 2.75) is 0 Å². The first-order valence-electron chi connectivity index (χ1n) is 7.07. The third-order valence-electron chi connectivity index (χ3n) is 3.88. The van der Waals surface area contributed by atoms with Crippen molar-refractivity contribution >= 4 is 29.3 Å². The Kier molecular flexibility index (Phi) is 4.11. The highest BCUT2D eigenvalue weighted by Gasteiger charge is 2.19. The molecule has 4 heteroatoms. The Morgan fingerprint density at radius 1 is 0.857 bits per heavy atom. The van der Waals surface area contributed by atoms with Gasteiger partial charge in [-0.25, -0.2) is 0 Å². The van der Waals surface area contributed by atoms with Crippen molar-refractivity contribution in [1.82, 2.24) is 0 Å². The van der Waals surface area contributed by atoms with Crippen LogP contribution in [0.25, 0.3) is 0 Å². The van der Waals surface area contributed by atoms with Gasteiger partial charge in [-0.2, -0.15) is 0 Å². The molecule has 0 spiro atoms. The quantitative estimate of drug-likeness (QED) is 0.811. The van der Waals surface area contributed by atoms with E-state index in [9.17, 15) is 4.79 Å². The number of hydrogen-bond acceptors (Lipinski definition) is 3. The topological polar surface area (TPSA) is 23.6 Å². The van der Waals surface area contributed by atoms with E-state index >= 15 is 0 Å². The Balaban J connectivity index is 1.70. The van der Waals surface area contributed by atoms with Crippen molar-refractivity contribution in [2.24, 2.45) is 0 Å². The summed E-state index contributed by atoms with van der Waals surface area (Å²) in [7, 11) is 0. The molecule has 1 fully saturated rings. The van der Waals surface area contributed by atoms with E-state index in [-0.39, 0.29) is 0 Å². The van der Waals surface area contributed by atoms with E-state index in [1.165, 1.54) is 5.69 Å². The zero-order valence-electron chi connectivity index (χ0n) is 11.7. The molecule has 0 amide bonds. The van der Waals surface area contributed by atoms with Crippen molar-refractivity contribution in [3.05, 3.63) is 59.1 Å². The lowest BCUT2D eigenvalue weighted by molar-refractivity contribution is 0.112. The molecular weight excluding hydrogens is 284 g/mol. The van der Waals surface area contributed by atoms with Crippen LogP contribution in [0.1, 0.15) is 10.4 Å². The van der Waals surface area contributed by atoms with Crippen LogP contribution in [0.3, 0.4) is 0 Å². The largest absolute Gasteiger partial charge is 0.368 e. The zero-order chi connectivity index (χ0) is 14.7. The lowest BCUT2D eigenvalue weighted by Crippen LogP contribution is -2.46. The molecule has 0 radical (unpaired) electrons. The van der Waals surface area contributed by atoms with Gasteiger partial charge in [0.1, 0.15) is 0 Å². The van der Waals surface area contributed by atoms with Crippen LogP contribution in [0, 0.1) is 0 Å². The van der Waals surface area contributed by atoms with E-state index in [0.29, 0.717) is 0 Å². The molecule has 1 aliphatic heterocycles. The molecule has 0 aromatic heterocycles. The second-order valence-corrected chi connectivity index (χ2v) is 5.56. The lowest BCUT2D eigenvalue weighted by atomic mass is 10.1. The average Bonchev–Trinajstić information content (AvgIpc) is 2.56. The minimum atomic E-state index is 0.761. The summed E-state index contributed by atoms with van der Waals surface area (Å²) >= 11 is 5.93. The summed E-state index contributed by atoms with van der Waals surface area (Å²) in [4.78, 5) is 15.8. The van der Waals surface area contributed by atoms with Crippen molar-refractivity contribution in [3.63, 3.8) is 0 Å². The molecular formula is C17H17ClN2O. The maximum Gasteiger partial charge on any atom is 0.152 e. The molecule has 0 saturated carbocycles. The van der Waals surface area contributed by atoms with Gasteiger partial charge >= 0.3 is 0 Å². The van der Waals surface area contributed by atoms with E-state index in [2.05, 4.69) is 21.9 Å². The molecule has 2 aromatic carbocycles. The number of aldehydes is 1. The molecule has 0 N–H and O–H groups in total. The maximum absolute atomic E-state index is 11.1. The standard InChI is InChI=1S/C17H17ClN2O/c18-15-5-7-16(8-6-15)19-9-11-20(12-10-19)17-4-2-1-3-14(17)13-21/h1-8,13H,9-12H2. The van der Waals surface area contributed by atoms with Gasteiger partial charge in [0.15, 0.2) is 6.29 Å². The highest BCUT2D eigenvalue weighted by Crippen LogP contribution is 2.23. The van der Waals surface area contributed by atoms with Crippen LogP contribution in [0.4, 0.5) is 11.4 Å². The molecule has 1 aliphatic rings. The molecule has 108 valence electrons. The normalized spacial score (nSPS) is 15.1. The molecule has 3 nitrogen and oxygen atoms in total. The number of benzene rings is 2. The SMILES string of the molecule is O=Cc1ccccc1N1CCN(c2ccc(Cl)cc2)CC1. The molecule has 1 saturated heterocycles. The smallest absolute Gasteiger partial charge is 0.152 e. The highest BCUT2D eigenvalue weighted by atomic mass is 35.5. The van der Waals surface area contributed by atoms with Crippen molar-refractivity contribution < 1.29 is 4.79 Å². The number of anilines is 2. The van der Waals surface area contributed by atoms with Gasteiger partial charge < -0.3 is 9.80 Å². The van der Waals surface area contributed by atoms with Crippen molar-refractivity contribution in [3.8, 4) is 0 Å². The predicted molar refractivity (Wildman–Crippen MR) is 87.7 cm³/mol. The number of piperazine rings is 1. The fraction of sp³-hybridized carbons (Fsp3) is 0.235. The third kappa shape index (κ3) is 3.03. The number of nitrogens with zero attached hydrogens (tertiary/aromatic N) is 2. The summed E-state index contributed by atoms with van der Waals surface area (Å²) in [6, 6.07) is 15.7. The second-order valence-electron chi connectivity index (χ2n) is 5.13. The summed E-state index contributed by atoms with van der Waals surface area (Å²) in [5.41, 5.74) is 2.99. The summed E-state index contributed by atoms with van der Waals surface area (Å²) in [5.74, 6) is 0. The van der Waals surface area contributed by atoms with E-state index in [1.807, 2.05) is 36.4 Å². The van der Waals surface area contributed by atoms with Crippen LogP contribution in [0.2, 0.25) is 5.02 Å². The van der Waals surface area contributed by atoms with Gasteiger partial charge in [0.05, 0.1) is 0 Å². The zero-order valence-corrected chi connectivity index (χ0v) is 12.5. The van der Waals surface area contributed by atoms with Gasteiger partial charge in [0, 0.05) is 48.1 Å². The van der Waals surface area contributed by atoms with E-state index in [0.717, 1.165) is 48.7 Å². The average molecular weight is 301 g/mol. The molecule has 0 atom stereocenters. The van der Waals surface area contributed by atoms with Crippen molar-refractivity contribution in [2.75, 3.05) is 36.0 Å². The van der Waals surface area contributed by atoms with E-state index in [1.54, 1.807) is 0 Å². The molecule has 2 aromatic rings. The second kappa shape index (κ2) is 6.19. The van der Waals surface area contributed by atoms with Gasteiger partial charge in [0.25, 0.3) is 0 Å². The maximum atomic E-state index is 11.1. The summed E-state index contributed by atoms with van der Waals surface area (Å²) < 4.78 is 0. The minimum Gasteiger partial charge on any atom is -0.368 e. The van der Waals surface area contributed by atoms with Gasteiger partial charge in [0.2, 0.25) is 0 Å². The summed E-state index contributed by atoms with van der Waals surface area (Å²) in [6.07, 6.45) is 0.931. The Bertz CT molecular complexity index is 619. The number of carbonyl (C=O) groups is 1. The van der Waals surface area contributed by atoms with Crippen LogP contribution in [0.5, 0.6) is 0 Å². The molecule has 0 bridgehead atoms. The molecule has 0 aliphatic carbocycles. The van der Waals surface area contributed by atoms with Gasteiger partial charge in [-0.15, -0.1) is 0 Å². The van der Waals surface area contributed by atoms with Gasteiger partial charge in [-0.05, 0) is 36.4 Å². The van der Waals surface area contributed by atoms with E-state index < -0.39 is 0 Å². The Morgan fingerprint density at radius 3 is 2.14 bits per heavy atom. The Labute approximate surface area is 129 Å². The summed E-state index contributed by atoms with van der Waals surface area (Å²) in [6.45, 7) is 3.70. The van der Waals surface area contributed by atoms with Crippen LogP contribution >= 0.6 is 11.6 Å². The number of para-hydroxylation sites is 1. The highest BCUT2D eigenvalue weighted by molar-refractivity contribution is 6.30. The summed E-state index contributed by atoms with van der Waals surface area (Å²) in [5, 5.41) is 0.761. The van der Waals surface area contributed by atoms with Crippen LogP contribution in [-0.4, -0.2) is 32.5 Å². The monoisotopic (exact) mass is 300 g/mol. The lowest BCUT2D eigenvalue weighted by Gasteiger charge is -2.37. The van der Waals surface area contributed by atoms with E-state index in [4.69, 9.17) is 11.6 Å². The Morgan fingerprint density at radius 2 is 1.48 bits per heavy atom. The third-order valence-corrected chi connectivity index (χ3v) is 4.13. The van der Waals surface area contributed by atoms with Crippen LogP contribution in [-0.2, 0) is 0 Å². The fourth-order valence-electron chi connectivity index (χ4n) is 2.73. The van der Waals surface area contributed by atoms with Gasteiger partial charge in [-0.3, -0.25) is 4.79 Å². The molecule has 3 rings (SSSR count). The first-order chi connectivity index (χ1) is 10.3. The number of carbonyl (C=O) groups excluding carboxylic acids is 1. The predicted octanol–water partition coefficient (Wildman–Crippen LogP) is 3.48. The van der Waals surface area contributed by atoms with Crippen molar-refractivity contribution in [1.29, 1.82) is 0 Å². The first-order valence-corrected chi connectivity index (χ1v) is 7.45. The molecule has 1 heterocycles. The molecule has 21 heavy (non-hydrogen) atoms. The first kappa shape index (κ1) is 14.0. The Hall–Kier alpha value is -2.00. The molecule has 0 unspecified atom stereocenters. The minimum absolute atomic E-state index is 0.761. The number of rotatable bonds is 3.